The van der Waals surface area contributed by atoms with E-state index in [1.807, 2.05) is 0 Å². The topological polar surface area (TPSA) is 104 Å². The highest BCUT2D eigenvalue weighted by Crippen LogP contribution is 2.35. The molecule has 0 aliphatic rings. The van der Waals surface area contributed by atoms with Crippen LogP contribution >= 0.6 is 15.9 Å². The lowest BCUT2D eigenvalue weighted by Gasteiger charge is -2.14. The van der Waals surface area contributed by atoms with Crippen molar-refractivity contribution in [1.29, 1.82) is 0 Å². The van der Waals surface area contributed by atoms with E-state index >= 15 is 0 Å². The van der Waals surface area contributed by atoms with Crippen LogP contribution in [0.3, 0.4) is 0 Å². The molecule has 33 heavy (non-hydrogen) atoms. The largest absolute Gasteiger partial charge is 0.573 e. The Morgan fingerprint density at radius 1 is 1.12 bits per heavy atom. The van der Waals surface area contributed by atoms with Crippen molar-refractivity contribution < 1.29 is 27.4 Å². The normalized spacial score (nSPS) is 11.4. The Morgan fingerprint density at radius 3 is 2.61 bits per heavy atom. The summed E-state index contributed by atoms with van der Waals surface area (Å²) in [6.07, 6.45) is -3.45. The number of aromatic nitrogens is 3. The summed E-state index contributed by atoms with van der Waals surface area (Å²) in [5, 5.41) is 2.87. The van der Waals surface area contributed by atoms with Gasteiger partial charge in [0.1, 0.15) is 17.2 Å². The van der Waals surface area contributed by atoms with Gasteiger partial charge in [-0.25, -0.2) is 4.98 Å². The Balaban J connectivity index is 1.63. The number of fused-ring (bicyclic) bond motifs is 1. The Labute approximate surface area is 193 Å². The second kappa shape index (κ2) is 8.62. The quantitative estimate of drug-likeness (QED) is 0.358. The second-order valence-corrected chi connectivity index (χ2v) is 7.72. The molecular formula is C21H15BrF3N5O3. The first-order valence-electron chi connectivity index (χ1n) is 9.31. The van der Waals surface area contributed by atoms with Gasteiger partial charge in [0.15, 0.2) is 5.75 Å². The fourth-order valence-electron chi connectivity index (χ4n) is 3.03. The maximum Gasteiger partial charge on any atom is 0.573 e. The summed E-state index contributed by atoms with van der Waals surface area (Å²) in [6.45, 7) is 0. The molecule has 0 aliphatic carbocycles. The fraction of sp³-hybridized carbons (Fsp3) is 0.0952. The number of nitrogens with one attached hydrogen (secondary N) is 1. The Hall–Kier alpha value is -3.80. The molecular weight excluding hydrogens is 507 g/mol. The van der Waals surface area contributed by atoms with Gasteiger partial charge in [-0.3, -0.25) is 9.78 Å². The van der Waals surface area contributed by atoms with E-state index in [1.54, 1.807) is 41.9 Å². The molecule has 170 valence electrons. The van der Waals surface area contributed by atoms with Crippen LogP contribution in [0.25, 0.3) is 11.0 Å². The second-order valence-electron chi connectivity index (χ2n) is 6.80. The number of carbonyl (C=O) groups excluding carboxylic acids is 1. The average Bonchev–Trinajstić information content (AvgIpc) is 3.04. The van der Waals surface area contributed by atoms with Crippen molar-refractivity contribution in [2.75, 3.05) is 5.32 Å². The number of ether oxygens (including phenoxy) is 2. The Kier molecular flexibility index (Phi) is 5.85. The SMILES string of the molecule is Cn1c(Nc2ccc(Br)cc2OC(F)(F)F)nc2cc(Oc3ccnc(C(N)=O)c3)ccc21. The summed E-state index contributed by atoms with van der Waals surface area (Å²) in [6, 6.07) is 12.3. The number of pyridine rings is 1. The molecule has 0 spiro atoms. The van der Waals surface area contributed by atoms with E-state index in [1.165, 1.54) is 24.4 Å². The van der Waals surface area contributed by atoms with Gasteiger partial charge >= 0.3 is 6.36 Å². The number of carbonyl (C=O) groups is 1. The molecule has 4 rings (SSSR count). The molecule has 12 heteroatoms. The molecule has 0 atom stereocenters. The summed E-state index contributed by atoms with van der Waals surface area (Å²) in [5.41, 5.74) is 6.61. The van der Waals surface area contributed by atoms with Gasteiger partial charge in [-0.1, -0.05) is 15.9 Å². The van der Waals surface area contributed by atoms with Crippen molar-refractivity contribution in [1.82, 2.24) is 14.5 Å². The highest BCUT2D eigenvalue weighted by molar-refractivity contribution is 9.10. The van der Waals surface area contributed by atoms with Crippen molar-refractivity contribution in [2.45, 2.75) is 6.36 Å². The molecule has 0 fully saturated rings. The Morgan fingerprint density at radius 2 is 1.88 bits per heavy atom. The predicted molar refractivity (Wildman–Crippen MR) is 118 cm³/mol. The third-order valence-electron chi connectivity index (χ3n) is 4.49. The molecule has 2 heterocycles. The first kappa shape index (κ1) is 22.4. The zero-order valence-electron chi connectivity index (χ0n) is 16.9. The molecule has 2 aromatic heterocycles. The molecule has 0 aliphatic heterocycles. The lowest BCUT2D eigenvalue weighted by molar-refractivity contribution is -0.274. The number of aryl methyl sites for hydroxylation is 1. The van der Waals surface area contributed by atoms with Crippen LogP contribution in [0.15, 0.2) is 59.2 Å². The third kappa shape index (κ3) is 5.17. The van der Waals surface area contributed by atoms with Gasteiger partial charge in [-0.15, -0.1) is 13.2 Å². The van der Waals surface area contributed by atoms with Crippen LogP contribution in [0.5, 0.6) is 17.2 Å². The standard InChI is InChI=1S/C21H15BrF3N5O3/c1-30-17-5-3-12(32-13-6-7-27-16(10-13)19(26)31)9-15(17)29-20(30)28-14-4-2-11(22)8-18(14)33-21(23,24)25/h2-10H,1H3,(H2,26,31)(H,28,29). The molecule has 3 N–H and O–H groups in total. The molecule has 2 aromatic carbocycles. The number of hydrogen-bond donors (Lipinski definition) is 2. The first-order valence-corrected chi connectivity index (χ1v) is 10.1. The van der Waals surface area contributed by atoms with Gasteiger partial charge in [0, 0.05) is 29.8 Å². The monoisotopic (exact) mass is 521 g/mol. The van der Waals surface area contributed by atoms with E-state index in [2.05, 4.69) is 36.0 Å². The maximum atomic E-state index is 12.8. The highest BCUT2D eigenvalue weighted by Gasteiger charge is 2.32. The summed E-state index contributed by atoms with van der Waals surface area (Å²) in [7, 11) is 1.71. The van der Waals surface area contributed by atoms with Gasteiger partial charge in [-0.05, 0) is 36.4 Å². The molecule has 0 unspecified atom stereocenters. The molecule has 1 amide bonds. The molecule has 4 aromatic rings. The number of nitrogens with two attached hydrogens (primary N) is 1. The molecule has 0 bridgehead atoms. The van der Waals surface area contributed by atoms with Crippen molar-refractivity contribution in [3.63, 3.8) is 0 Å². The minimum Gasteiger partial charge on any atom is -0.457 e. The van der Waals surface area contributed by atoms with Gasteiger partial charge in [-0.2, -0.15) is 0 Å². The molecule has 8 nitrogen and oxygen atoms in total. The lowest BCUT2D eigenvalue weighted by atomic mass is 10.3. The van der Waals surface area contributed by atoms with Gasteiger partial charge < -0.3 is 25.1 Å². The van der Waals surface area contributed by atoms with Crippen molar-refractivity contribution in [2.24, 2.45) is 12.8 Å². The number of hydrogen-bond acceptors (Lipinski definition) is 6. The highest BCUT2D eigenvalue weighted by atomic mass is 79.9. The van der Waals surface area contributed by atoms with Crippen molar-refractivity contribution in [3.05, 3.63) is 64.9 Å². The number of halogens is 4. The number of amides is 1. The summed E-state index contributed by atoms with van der Waals surface area (Å²) >= 11 is 3.14. The lowest BCUT2D eigenvalue weighted by Crippen LogP contribution is -2.18. The minimum absolute atomic E-state index is 0.0595. The summed E-state index contributed by atoms with van der Waals surface area (Å²) in [5.74, 6) is -0.0137. The number of nitrogens with zero attached hydrogens (tertiary/aromatic N) is 3. The maximum absolute atomic E-state index is 12.8. The molecule has 0 saturated heterocycles. The Bertz CT molecular complexity index is 1360. The van der Waals surface area contributed by atoms with Crippen LogP contribution in [0.1, 0.15) is 10.5 Å². The number of primary amides is 1. The van der Waals surface area contributed by atoms with Gasteiger partial charge in [0.25, 0.3) is 5.91 Å². The van der Waals surface area contributed by atoms with Gasteiger partial charge in [0.05, 0.1) is 16.7 Å². The number of anilines is 2. The number of benzene rings is 2. The van der Waals surface area contributed by atoms with Crippen LogP contribution in [0.2, 0.25) is 0 Å². The number of alkyl halides is 3. The minimum atomic E-state index is -4.85. The molecule has 0 saturated carbocycles. The zero-order chi connectivity index (χ0) is 23.8. The van der Waals surface area contributed by atoms with Crippen LogP contribution in [0.4, 0.5) is 24.8 Å². The van der Waals surface area contributed by atoms with Crippen molar-refractivity contribution in [3.8, 4) is 17.2 Å². The third-order valence-corrected chi connectivity index (χ3v) is 4.98. The van der Waals surface area contributed by atoms with Crippen LogP contribution in [-0.2, 0) is 7.05 Å². The average molecular weight is 522 g/mol. The van der Waals surface area contributed by atoms with E-state index in [0.29, 0.717) is 27.0 Å². The van der Waals surface area contributed by atoms with E-state index in [-0.39, 0.29) is 17.3 Å². The number of imidazole rings is 1. The van der Waals surface area contributed by atoms with E-state index in [4.69, 9.17) is 10.5 Å². The zero-order valence-corrected chi connectivity index (χ0v) is 18.4. The van der Waals surface area contributed by atoms with E-state index < -0.39 is 18.0 Å². The van der Waals surface area contributed by atoms with E-state index in [9.17, 15) is 18.0 Å². The fourth-order valence-corrected chi connectivity index (χ4v) is 3.37. The van der Waals surface area contributed by atoms with E-state index in [0.717, 1.165) is 0 Å². The first-order chi connectivity index (χ1) is 15.6. The van der Waals surface area contributed by atoms with Gasteiger partial charge in [0.2, 0.25) is 5.95 Å². The summed E-state index contributed by atoms with van der Waals surface area (Å²) < 4.78 is 50.4. The van der Waals surface area contributed by atoms with Crippen molar-refractivity contribution >= 4 is 44.5 Å². The van der Waals surface area contributed by atoms with Crippen LogP contribution < -0.4 is 20.5 Å². The van der Waals surface area contributed by atoms with Crippen LogP contribution in [-0.4, -0.2) is 26.8 Å². The predicted octanol–water partition coefficient (Wildman–Crippen LogP) is 5.26. The number of rotatable bonds is 6. The smallest absolute Gasteiger partial charge is 0.457 e. The van der Waals surface area contributed by atoms with Crippen LogP contribution in [0, 0.1) is 0 Å². The molecule has 0 radical (unpaired) electrons. The summed E-state index contributed by atoms with van der Waals surface area (Å²) in [4.78, 5) is 19.6.